The molecule has 2 rings (SSSR count). The fourth-order valence-corrected chi connectivity index (χ4v) is 2.20. The molecule has 0 saturated carbocycles. The molecule has 1 amide bonds. The number of anilines is 2. The van der Waals surface area contributed by atoms with Gasteiger partial charge >= 0.3 is 0 Å². The van der Waals surface area contributed by atoms with Crippen LogP contribution in [0.2, 0.25) is 0 Å². The van der Waals surface area contributed by atoms with Crippen molar-refractivity contribution in [2.24, 2.45) is 0 Å². The number of hydrogen-bond acceptors (Lipinski definition) is 2. The van der Waals surface area contributed by atoms with Gasteiger partial charge < -0.3 is 10.2 Å². The van der Waals surface area contributed by atoms with E-state index in [1.165, 1.54) is 12.1 Å². The van der Waals surface area contributed by atoms with Crippen molar-refractivity contribution in [1.82, 2.24) is 0 Å². The zero-order chi connectivity index (χ0) is 16.1. The SMILES string of the molecule is Cc1ccc(NC(=O)CN(c2ccc(F)cc2)C(C)C)cc1. The van der Waals surface area contributed by atoms with Crippen LogP contribution in [0.25, 0.3) is 0 Å². The van der Waals surface area contributed by atoms with Crippen LogP contribution in [-0.2, 0) is 4.79 Å². The Morgan fingerprint density at radius 3 is 2.23 bits per heavy atom. The van der Waals surface area contributed by atoms with Crippen molar-refractivity contribution in [2.45, 2.75) is 26.8 Å². The van der Waals surface area contributed by atoms with Crippen molar-refractivity contribution in [3.63, 3.8) is 0 Å². The Morgan fingerprint density at radius 1 is 1.09 bits per heavy atom. The number of carbonyl (C=O) groups is 1. The van der Waals surface area contributed by atoms with Crippen LogP contribution in [-0.4, -0.2) is 18.5 Å². The van der Waals surface area contributed by atoms with E-state index in [9.17, 15) is 9.18 Å². The molecule has 2 aromatic rings. The number of rotatable bonds is 5. The van der Waals surface area contributed by atoms with E-state index < -0.39 is 0 Å². The maximum atomic E-state index is 13.0. The molecule has 0 saturated heterocycles. The first-order valence-corrected chi connectivity index (χ1v) is 7.34. The van der Waals surface area contributed by atoms with Crippen LogP contribution in [0.3, 0.4) is 0 Å². The van der Waals surface area contributed by atoms with E-state index in [0.717, 1.165) is 16.9 Å². The monoisotopic (exact) mass is 300 g/mol. The molecule has 0 radical (unpaired) electrons. The zero-order valence-corrected chi connectivity index (χ0v) is 13.1. The summed E-state index contributed by atoms with van der Waals surface area (Å²) < 4.78 is 13.0. The minimum absolute atomic E-state index is 0.0955. The van der Waals surface area contributed by atoms with Crippen molar-refractivity contribution < 1.29 is 9.18 Å². The lowest BCUT2D eigenvalue weighted by Crippen LogP contribution is -2.38. The largest absolute Gasteiger partial charge is 0.360 e. The van der Waals surface area contributed by atoms with Gasteiger partial charge in [0.15, 0.2) is 0 Å². The highest BCUT2D eigenvalue weighted by Gasteiger charge is 2.15. The van der Waals surface area contributed by atoms with Gasteiger partial charge in [-0.2, -0.15) is 0 Å². The summed E-state index contributed by atoms with van der Waals surface area (Å²) in [6, 6.07) is 14.0. The molecule has 4 heteroatoms. The standard InChI is InChI=1S/C18H21FN2O/c1-13(2)21(17-10-6-15(19)7-11-17)12-18(22)20-16-8-4-14(3)5-9-16/h4-11,13H,12H2,1-3H3,(H,20,22). The van der Waals surface area contributed by atoms with Gasteiger partial charge in [0, 0.05) is 17.4 Å². The molecule has 0 unspecified atom stereocenters. The molecule has 0 aliphatic carbocycles. The minimum atomic E-state index is -0.281. The third-order valence-electron chi connectivity index (χ3n) is 3.43. The topological polar surface area (TPSA) is 32.3 Å². The Hall–Kier alpha value is -2.36. The third kappa shape index (κ3) is 4.32. The molecule has 0 atom stereocenters. The Balaban J connectivity index is 2.05. The molecule has 0 aliphatic rings. The van der Waals surface area contributed by atoms with Gasteiger partial charge in [-0.05, 0) is 57.2 Å². The molecule has 3 nitrogen and oxygen atoms in total. The van der Waals surface area contributed by atoms with E-state index in [4.69, 9.17) is 0 Å². The summed E-state index contributed by atoms with van der Waals surface area (Å²) in [5.41, 5.74) is 2.75. The second-order valence-corrected chi connectivity index (χ2v) is 5.61. The smallest absolute Gasteiger partial charge is 0.243 e. The lowest BCUT2D eigenvalue weighted by atomic mass is 10.2. The van der Waals surface area contributed by atoms with E-state index in [2.05, 4.69) is 5.32 Å². The van der Waals surface area contributed by atoms with Crippen molar-refractivity contribution in [2.75, 3.05) is 16.8 Å². The molecular weight excluding hydrogens is 279 g/mol. The molecular formula is C18H21FN2O. The fourth-order valence-electron chi connectivity index (χ4n) is 2.20. The fraction of sp³-hybridized carbons (Fsp3) is 0.278. The van der Waals surface area contributed by atoms with Gasteiger partial charge in [0.05, 0.1) is 6.54 Å². The number of halogens is 1. The second kappa shape index (κ2) is 7.07. The summed E-state index contributed by atoms with van der Waals surface area (Å²) in [5.74, 6) is -0.376. The van der Waals surface area contributed by atoms with E-state index in [1.54, 1.807) is 12.1 Å². The van der Waals surface area contributed by atoms with Crippen molar-refractivity contribution in [3.05, 3.63) is 59.9 Å². The summed E-state index contributed by atoms with van der Waals surface area (Å²) >= 11 is 0. The third-order valence-corrected chi connectivity index (χ3v) is 3.43. The Bertz CT molecular complexity index is 621. The summed E-state index contributed by atoms with van der Waals surface area (Å²) in [6.45, 7) is 6.23. The maximum absolute atomic E-state index is 13.0. The molecule has 0 aromatic heterocycles. The number of hydrogen-bond donors (Lipinski definition) is 1. The summed E-state index contributed by atoms with van der Waals surface area (Å²) in [5, 5.41) is 2.88. The molecule has 1 N–H and O–H groups in total. The van der Waals surface area contributed by atoms with Crippen LogP contribution in [0.1, 0.15) is 19.4 Å². The average Bonchev–Trinajstić information content (AvgIpc) is 2.48. The highest BCUT2D eigenvalue weighted by Crippen LogP contribution is 2.18. The van der Waals surface area contributed by atoms with Crippen molar-refractivity contribution in [1.29, 1.82) is 0 Å². The first-order valence-electron chi connectivity index (χ1n) is 7.34. The summed E-state index contributed by atoms with van der Waals surface area (Å²) in [7, 11) is 0. The Kier molecular flexibility index (Phi) is 5.15. The van der Waals surface area contributed by atoms with E-state index >= 15 is 0 Å². The second-order valence-electron chi connectivity index (χ2n) is 5.61. The van der Waals surface area contributed by atoms with Gasteiger partial charge in [-0.25, -0.2) is 4.39 Å². The van der Waals surface area contributed by atoms with Gasteiger partial charge in [-0.1, -0.05) is 17.7 Å². The summed E-state index contributed by atoms with van der Waals surface area (Å²) in [6.07, 6.45) is 0. The van der Waals surface area contributed by atoms with Crippen molar-refractivity contribution >= 4 is 17.3 Å². The molecule has 22 heavy (non-hydrogen) atoms. The van der Waals surface area contributed by atoms with Crippen LogP contribution in [0.4, 0.5) is 15.8 Å². The van der Waals surface area contributed by atoms with Crippen LogP contribution < -0.4 is 10.2 Å². The van der Waals surface area contributed by atoms with E-state index in [0.29, 0.717) is 0 Å². The Labute approximate surface area is 130 Å². The van der Waals surface area contributed by atoms with Crippen LogP contribution in [0.5, 0.6) is 0 Å². The zero-order valence-electron chi connectivity index (χ0n) is 13.1. The molecule has 2 aromatic carbocycles. The van der Waals surface area contributed by atoms with Crippen LogP contribution >= 0.6 is 0 Å². The first-order chi connectivity index (χ1) is 10.5. The molecule has 116 valence electrons. The quantitative estimate of drug-likeness (QED) is 0.905. The number of carbonyl (C=O) groups excluding carboxylic acids is 1. The Morgan fingerprint density at radius 2 is 1.68 bits per heavy atom. The number of nitrogens with zero attached hydrogens (tertiary/aromatic N) is 1. The number of benzene rings is 2. The van der Waals surface area contributed by atoms with Gasteiger partial charge in [-0.3, -0.25) is 4.79 Å². The number of nitrogens with one attached hydrogen (secondary N) is 1. The van der Waals surface area contributed by atoms with Gasteiger partial charge in [0.1, 0.15) is 5.82 Å². The molecule has 0 aliphatic heterocycles. The predicted molar refractivity (Wildman–Crippen MR) is 88.7 cm³/mol. The van der Waals surface area contributed by atoms with Crippen molar-refractivity contribution in [3.8, 4) is 0 Å². The highest BCUT2D eigenvalue weighted by atomic mass is 19.1. The summed E-state index contributed by atoms with van der Waals surface area (Å²) in [4.78, 5) is 14.2. The average molecular weight is 300 g/mol. The molecule has 0 heterocycles. The number of amides is 1. The first kappa shape index (κ1) is 16.0. The molecule has 0 spiro atoms. The molecule has 0 fully saturated rings. The lowest BCUT2D eigenvalue weighted by molar-refractivity contribution is -0.115. The van der Waals surface area contributed by atoms with Crippen LogP contribution in [0, 0.1) is 12.7 Å². The van der Waals surface area contributed by atoms with E-state index in [1.807, 2.05) is 49.9 Å². The molecule has 0 bridgehead atoms. The predicted octanol–water partition coefficient (Wildman–Crippen LogP) is 3.99. The van der Waals surface area contributed by atoms with Crippen LogP contribution in [0.15, 0.2) is 48.5 Å². The maximum Gasteiger partial charge on any atom is 0.243 e. The normalized spacial score (nSPS) is 10.6. The van der Waals surface area contributed by atoms with Gasteiger partial charge in [0.2, 0.25) is 5.91 Å². The van der Waals surface area contributed by atoms with Gasteiger partial charge in [-0.15, -0.1) is 0 Å². The lowest BCUT2D eigenvalue weighted by Gasteiger charge is -2.28. The van der Waals surface area contributed by atoms with Gasteiger partial charge in [0.25, 0.3) is 0 Å². The minimum Gasteiger partial charge on any atom is -0.360 e. The number of aryl methyl sites for hydroxylation is 1. The highest BCUT2D eigenvalue weighted by molar-refractivity contribution is 5.94. The van der Waals surface area contributed by atoms with E-state index in [-0.39, 0.29) is 24.3 Å².